The Morgan fingerprint density at radius 2 is 2.14 bits per heavy atom. The molecular formula is C12H16BrN. The molecule has 1 aliphatic heterocycles. The molecule has 0 spiro atoms. The van der Waals surface area contributed by atoms with E-state index in [1.807, 2.05) is 0 Å². The maximum Gasteiger partial charge on any atom is 0.0396 e. The van der Waals surface area contributed by atoms with Gasteiger partial charge in [-0.15, -0.1) is 0 Å². The number of aryl methyl sites for hydroxylation is 1. The Morgan fingerprint density at radius 1 is 1.43 bits per heavy atom. The second-order valence-electron chi connectivity index (χ2n) is 4.11. The van der Waals surface area contributed by atoms with Crippen molar-refractivity contribution in [3.05, 3.63) is 28.2 Å². The van der Waals surface area contributed by atoms with Crippen molar-refractivity contribution < 1.29 is 0 Å². The average Bonchev–Trinajstić information content (AvgIpc) is 2.06. The van der Waals surface area contributed by atoms with Crippen LogP contribution in [0.2, 0.25) is 0 Å². The second-order valence-corrected chi connectivity index (χ2v) is 5.03. The van der Waals surface area contributed by atoms with Gasteiger partial charge in [-0.2, -0.15) is 0 Å². The minimum absolute atomic E-state index is 0.915. The molecule has 0 atom stereocenters. The summed E-state index contributed by atoms with van der Waals surface area (Å²) in [7, 11) is 0. The van der Waals surface area contributed by atoms with E-state index in [-0.39, 0.29) is 0 Å². The van der Waals surface area contributed by atoms with Gasteiger partial charge in [0.2, 0.25) is 0 Å². The molecule has 1 fully saturated rings. The molecule has 0 saturated carbocycles. The van der Waals surface area contributed by atoms with E-state index < -0.39 is 0 Å². The summed E-state index contributed by atoms with van der Waals surface area (Å²) in [5.74, 6) is 0.915. The van der Waals surface area contributed by atoms with E-state index in [4.69, 9.17) is 0 Å². The van der Waals surface area contributed by atoms with Gasteiger partial charge in [-0.3, -0.25) is 0 Å². The first kappa shape index (κ1) is 10.0. The molecule has 2 rings (SSSR count). The quantitative estimate of drug-likeness (QED) is 0.779. The van der Waals surface area contributed by atoms with Crippen LogP contribution in [-0.2, 0) is 0 Å². The van der Waals surface area contributed by atoms with E-state index in [0.29, 0.717) is 0 Å². The maximum absolute atomic E-state index is 3.49. The third kappa shape index (κ3) is 1.81. The van der Waals surface area contributed by atoms with Crippen LogP contribution in [0.5, 0.6) is 0 Å². The van der Waals surface area contributed by atoms with Crippen LogP contribution in [0.4, 0.5) is 5.69 Å². The number of benzene rings is 1. The van der Waals surface area contributed by atoms with Crippen LogP contribution in [0.25, 0.3) is 0 Å². The van der Waals surface area contributed by atoms with Crippen LogP contribution in [0.3, 0.4) is 0 Å². The van der Waals surface area contributed by atoms with Crippen LogP contribution in [0, 0.1) is 12.8 Å². The Morgan fingerprint density at radius 3 is 2.71 bits per heavy atom. The van der Waals surface area contributed by atoms with Crippen LogP contribution >= 0.6 is 15.9 Å². The summed E-state index contributed by atoms with van der Waals surface area (Å²) in [6, 6.07) is 6.53. The van der Waals surface area contributed by atoms with Gasteiger partial charge in [0.1, 0.15) is 0 Å². The van der Waals surface area contributed by atoms with Crippen LogP contribution in [0.1, 0.15) is 18.9 Å². The van der Waals surface area contributed by atoms with Crippen LogP contribution in [-0.4, -0.2) is 13.1 Å². The number of nitrogens with zero attached hydrogens (tertiary/aromatic N) is 1. The number of anilines is 1. The number of rotatable bonds is 2. The standard InChI is InChI=1S/C12H16BrN/c1-3-10-7-14(8-10)12-5-4-11(13)6-9(12)2/h4-6,10H,3,7-8H2,1-2H3. The molecule has 1 aliphatic rings. The Labute approximate surface area is 94.2 Å². The summed E-state index contributed by atoms with van der Waals surface area (Å²) in [6.07, 6.45) is 1.31. The van der Waals surface area contributed by atoms with Gasteiger partial charge >= 0.3 is 0 Å². The molecule has 1 saturated heterocycles. The van der Waals surface area contributed by atoms with Crippen LogP contribution in [0.15, 0.2) is 22.7 Å². The highest BCUT2D eigenvalue weighted by Gasteiger charge is 2.25. The molecule has 0 radical (unpaired) electrons. The third-order valence-electron chi connectivity index (χ3n) is 3.03. The Bertz CT molecular complexity index is 329. The molecule has 2 heteroatoms. The first-order valence-corrected chi connectivity index (χ1v) is 6.01. The molecule has 1 aromatic rings. The molecule has 1 aromatic carbocycles. The molecule has 1 nitrogen and oxygen atoms in total. The number of hydrogen-bond donors (Lipinski definition) is 0. The molecular weight excluding hydrogens is 238 g/mol. The van der Waals surface area contributed by atoms with Crippen molar-refractivity contribution in [1.29, 1.82) is 0 Å². The summed E-state index contributed by atoms with van der Waals surface area (Å²) < 4.78 is 1.17. The molecule has 0 aromatic heterocycles. The van der Waals surface area contributed by atoms with Gasteiger partial charge in [0.25, 0.3) is 0 Å². The first-order chi connectivity index (χ1) is 6.70. The molecule has 0 unspecified atom stereocenters. The van der Waals surface area contributed by atoms with E-state index in [2.05, 4.69) is 52.9 Å². The summed E-state index contributed by atoms with van der Waals surface area (Å²) in [4.78, 5) is 2.47. The van der Waals surface area contributed by atoms with Crippen molar-refractivity contribution in [3.8, 4) is 0 Å². The van der Waals surface area contributed by atoms with E-state index in [1.165, 1.54) is 35.2 Å². The zero-order valence-electron chi connectivity index (χ0n) is 8.76. The monoisotopic (exact) mass is 253 g/mol. The largest absolute Gasteiger partial charge is 0.371 e. The maximum atomic E-state index is 3.49. The topological polar surface area (TPSA) is 3.24 Å². The van der Waals surface area contributed by atoms with Gasteiger partial charge in [-0.25, -0.2) is 0 Å². The third-order valence-corrected chi connectivity index (χ3v) is 3.53. The van der Waals surface area contributed by atoms with Gasteiger partial charge in [0.15, 0.2) is 0 Å². The highest BCUT2D eigenvalue weighted by atomic mass is 79.9. The smallest absolute Gasteiger partial charge is 0.0396 e. The predicted octanol–water partition coefficient (Wildman–Crippen LogP) is 3.60. The lowest BCUT2D eigenvalue weighted by Crippen LogP contribution is -2.46. The van der Waals surface area contributed by atoms with Crippen molar-refractivity contribution in [1.82, 2.24) is 0 Å². The second kappa shape index (κ2) is 3.93. The molecule has 0 amide bonds. The van der Waals surface area contributed by atoms with E-state index >= 15 is 0 Å². The predicted molar refractivity (Wildman–Crippen MR) is 64.9 cm³/mol. The van der Waals surface area contributed by atoms with Crippen molar-refractivity contribution in [3.63, 3.8) is 0 Å². The zero-order valence-corrected chi connectivity index (χ0v) is 10.3. The van der Waals surface area contributed by atoms with Gasteiger partial charge in [0.05, 0.1) is 0 Å². The summed E-state index contributed by atoms with van der Waals surface area (Å²) >= 11 is 3.49. The fraction of sp³-hybridized carbons (Fsp3) is 0.500. The minimum atomic E-state index is 0.915. The molecule has 76 valence electrons. The SMILES string of the molecule is CCC1CN(c2ccc(Br)cc2C)C1. The lowest BCUT2D eigenvalue weighted by molar-refractivity contribution is 0.398. The van der Waals surface area contributed by atoms with Gasteiger partial charge in [-0.05, 0) is 43.0 Å². The Hall–Kier alpha value is -0.500. The lowest BCUT2D eigenvalue weighted by atomic mass is 9.96. The van der Waals surface area contributed by atoms with E-state index in [9.17, 15) is 0 Å². The van der Waals surface area contributed by atoms with E-state index in [0.717, 1.165) is 5.92 Å². The Balaban J connectivity index is 2.11. The first-order valence-electron chi connectivity index (χ1n) is 5.21. The van der Waals surface area contributed by atoms with Crippen molar-refractivity contribution in [2.75, 3.05) is 18.0 Å². The highest BCUT2D eigenvalue weighted by Crippen LogP contribution is 2.30. The fourth-order valence-electron chi connectivity index (χ4n) is 2.00. The van der Waals surface area contributed by atoms with Crippen molar-refractivity contribution in [2.45, 2.75) is 20.3 Å². The highest BCUT2D eigenvalue weighted by molar-refractivity contribution is 9.10. The Kier molecular flexibility index (Phi) is 2.82. The fourth-order valence-corrected chi connectivity index (χ4v) is 2.47. The summed E-state index contributed by atoms with van der Waals surface area (Å²) in [5.41, 5.74) is 2.77. The summed E-state index contributed by atoms with van der Waals surface area (Å²) in [6.45, 7) is 6.92. The van der Waals surface area contributed by atoms with E-state index in [1.54, 1.807) is 0 Å². The normalized spacial score (nSPS) is 16.9. The van der Waals surface area contributed by atoms with Gasteiger partial charge in [-0.1, -0.05) is 22.9 Å². The average molecular weight is 254 g/mol. The number of halogens is 1. The summed E-state index contributed by atoms with van der Waals surface area (Å²) in [5, 5.41) is 0. The molecule has 14 heavy (non-hydrogen) atoms. The minimum Gasteiger partial charge on any atom is -0.371 e. The molecule has 0 N–H and O–H groups in total. The molecule has 0 aliphatic carbocycles. The number of hydrogen-bond acceptors (Lipinski definition) is 1. The zero-order chi connectivity index (χ0) is 10.1. The van der Waals surface area contributed by atoms with Gasteiger partial charge < -0.3 is 4.90 Å². The molecule has 1 heterocycles. The van der Waals surface area contributed by atoms with Crippen molar-refractivity contribution >= 4 is 21.6 Å². The lowest BCUT2D eigenvalue weighted by Gasteiger charge is -2.41. The van der Waals surface area contributed by atoms with Crippen molar-refractivity contribution in [2.24, 2.45) is 5.92 Å². The van der Waals surface area contributed by atoms with Crippen LogP contribution < -0.4 is 4.90 Å². The molecule has 0 bridgehead atoms. The van der Waals surface area contributed by atoms with Gasteiger partial charge in [0, 0.05) is 23.2 Å².